The Bertz CT molecular complexity index is 662. The van der Waals surface area contributed by atoms with Gasteiger partial charge in [0.05, 0.1) is 5.69 Å². The summed E-state index contributed by atoms with van der Waals surface area (Å²) in [6, 6.07) is 2.02. The summed E-state index contributed by atoms with van der Waals surface area (Å²) < 4.78 is 1.71. The lowest BCUT2D eigenvalue weighted by molar-refractivity contribution is -0.121. The standard InChI is InChI=1S/C15H23N7OS/c1-11-18-15(20-19-11)24-8-6-17-14(23)10-22-7-4-13(21-22)12-3-2-5-16-9-12/h4,7,12,16H,2-3,5-6,8-10H2,1H3,(H,17,23)(H,18,19,20)/t12-/m1/s1. The van der Waals surface area contributed by atoms with Gasteiger partial charge in [-0.2, -0.15) is 5.10 Å². The van der Waals surface area contributed by atoms with Gasteiger partial charge >= 0.3 is 0 Å². The van der Waals surface area contributed by atoms with Crippen LogP contribution in [0, 0.1) is 6.92 Å². The van der Waals surface area contributed by atoms with Crippen LogP contribution in [0.15, 0.2) is 17.4 Å². The van der Waals surface area contributed by atoms with Gasteiger partial charge in [0.15, 0.2) is 0 Å². The molecule has 0 aromatic carbocycles. The molecule has 0 spiro atoms. The van der Waals surface area contributed by atoms with E-state index in [1.54, 1.807) is 4.68 Å². The Kier molecular flexibility index (Phi) is 5.86. The average molecular weight is 349 g/mol. The summed E-state index contributed by atoms with van der Waals surface area (Å²) >= 11 is 1.51. The van der Waals surface area contributed by atoms with Crippen LogP contribution in [0.25, 0.3) is 0 Å². The van der Waals surface area contributed by atoms with E-state index < -0.39 is 0 Å². The van der Waals surface area contributed by atoms with Crippen LogP contribution in [-0.4, -0.2) is 56.3 Å². The third kappa shape index (κ3) is 4.81. The lowest BCUT2D eigenvalue weighted by Crippen LogP contribution is -2.30. The third-order valence-corrected chi connectivity index (χ3v) is 4.76. The number of aromatic nitrogens is 5. The maximum atomic E-state index is 12.0. The number of thioether (sulfide) groups is 1. The van der Waals surface area contributed by atoms with E-state index in [9.17, 15) is 4.79 Å². The topological polar surface area (TPSA) is 101 Å². The number of carbonyl (C=O) groups excluding carboxylic acids is 1. The largest absolute Gasteiger partial charge is 0.354 e. The Hall–Kier alpha value is -1.87. The minimum atomic E-state index is -0.0295. The maximum absolute atomic E-state index is 12.0. The molecule has 130 valence electrons. The first-order valence-electron chi connectivity index (χ1n) is 8.23. The van der Waals surface area contributed by atoms with Crippen molar-refractivity contribution in [3.63, 3.8) is 0 Å². The van der Waals surface area contributed by atoms with Crippen molar-refractivity contribution < 1.29 is 4.79 Å². The molecule has 8 nitrogen and oxygen atoms in total. The number of hydrogen-bond donors (Lipinski definition) is 3. The monoisotopic (exact) mass is 349 g/mol. The quantitative estimate of drug-likeness (QED) is 0.502. The van der Waals surface area contributed by atoms with Gasteiger partial charge in [0.25, 0.3) is 0 Å². The van der Waals surface area contributed by atoms with Crippen LogP contribution in [0.5, 0.6) is 0 Å². The smallest absolute Gasteiger partial charge is 0.241 e. The van der Waals surface area contributed by atoms with Gasteiger partial charge in [0.1, 0.15) is 12.4 Å². The van der Waals surface area contributed by atoms with E-state index >= 15 is 0 Å². The molecule has 3 rings (SSSR count). The Morgan fingerprint density at radius 2 is 2.46 bits per heavy atom. The van der Waals surface area contributed by atoms with Crippen molar-refractivity contribution >= 4 is 17.7 Å². The fraction of sp³-hybridized carbons (Fsp3) is 0.600. The second-order valence-electron chi connectivity index (χ2n) is 5.88. The van der Waals surface area contributed by atoms with Crippen molar-refractivity contribution in [2.75, 3.05) is 25.4 Å². The molecule has 1 aliphatic heterocycles. The van der Waals surface area contributed by atoms with Crippen molar-refractivity contribution in [3.05, 3.63) is 23.8 Å². The normalized spacial score (nSPS) is 17.8. The van der Waals surface area contributed by atoms with E-state index in [4.69, 9.17) is 0 Å². The van der Waals surface area contributed by atoms with E-state index in [1.807, 2.05) is 19.2 Å². The van der Waals surface area contributed by atoms with Gasteiger partial charge in [0.2, 0.25) is 11.1 Å². The maximum Gasteiger partial charge on any atom is 0.241 e. The van der Waals surface area contributed by atoms with Crippen LogP contribution < -0.4 is 10.6 Å². The first-order valence-corrected chi connectivity index (χ1v) is 9.22. The Morgan fingerprint density at radius 1 is 1.54 bits per heavy atom. The number of piperidine rings is 1. The second-order valence-corrected chi connectivity index (χ2v) is 6.95. The number of amides is 1. The molecular weight excluding hydrogens is 326 g/mol. The molecule has 24 heavy (non-hydrogen) atoms. The molecule has 0 unspecified atom stereocenters. The number of nitrogens with zero attached hydrogens (tertiary/aromatic N) is 4. The van der Waals surface area contributed by atoms with E-state index in [0.717, 1.165) is 36.8 Å². The van der Waals surface area contributed by atoms with Crippen LogP contribution in [0.3, 0.4) is 0 Å². The number of rotatable bonds is 7. The molecule has 0 radical (unpaired) electrons. The van der Waals surface area contributed by atoms with Gasteiger partial charge in [0, 0.05) is 31.0 Å². The molecule has 0 aliphatic carbocycles. The van der Waals surface area contributed by atoms with Crippen LogP contribution in [0.4, 0.5) is 0 Å². The fourth-order valence-electron chi connectivity index (χ4n) is 2.71. The Labute approximate surface area is 145 Å². The molecule has 0 bridgehead atoms. The summed E-state index contributed by atoms with van der Waals surface area (Å²) in [7, 11) is 0. The van der Waals surface area contributed by atoms with Crippen molar-refractivity contribution in [2.45, 2.75) is 37.4 Å². The number of carbonyl (C=O) groups is 1. The SMILES string of the molecule is Cc1nc(SCCNC(=O)Cn2ccc([C@@H]3CCCNC3)n2)n[nH]1. The molecule has 0 saturated carbocycles. The zero-order valence-corrected chi connectivity index (χ0v) is 14.6. The zero-order chi connectivity index (χ0) is 16.8. The highest BCUT2D eigenvalue weighted by Gasteiger charge is 2.17. The van der Waals surface area contributed by atoms with E-state index in [1.165, 1.54) is 18.2 Å². The van der Waals surface area contributed by atoms with E-state index in [0.29, 0.717) is 17.6 Å². The lowest BCUT2D eigenvalue weighted by Gasteiger charge is -2.20. The predicted molar refractivity (Wildman–Crippen MR) is 91.9 cm³/mol. The molecular formula is C15H23N7OS. The Balaban J connectivity index is 1.37. The predicted octanol–water partition coefficient (Wildman–Crippen LogP) is 0.685. The molecule has 1 saturated heterocycles. The van der Waals surface area contributed by atoms with Crippen molar-refractivity contribution in [1.29, 1.82) is 0 Å². The average Bonchev–Trinajstić information content (AvgIpc) is 3.22. The van der Waals surface area contributed by atoms with Crippen LogP contribution in [0.2, 0.25) is 0 Å². The molecule has 1 fully saturated rings. The summed E-state index contributed by atoms with van der Waals surface area (Å²) in [6.07, 6.45) is 4.23. The van der Waals surface area contributed by atoms with Gasteiger partial charge in [-0.05, 0) is 32.4 Å². The highest BCUT2D eigenvalue weighted by atomic mass is 32.2. The van der Waals surface area contributed by atoms with Crippen molar-refractivity contribution in [1.82, 2.24) is 35.6 Å². The van der Waals surface area contributed by atoms with Crippen molar-refractivity contribution in [2.24, 2.45) is 0 Å². The number of hydrogen-bond acceptors (Lipinski definition) is 6. The zero-order valence-electron chi connectivity index (χ0n) is 13.8. The summed E-state index contributed by atoms with van der Waals surface area (Å²) in [5.74, 6) is 1.97. The van der Waals surface area contributed by atoms with Gasteiger partial charge in [-0.1, -0.05) is 11.8 Å². The molecule has 3 heterocycles. The number of aryl methyl sites for hydroxylation is 1. The first kappa shape index (κ1) is 17.0. The number of H-pyrrole nitrogens is 1. The molecule has 1 atom stereocenters. The van der Waals surface area contributed by atoms with Gasteiger partial charge in [-0.3, -0.25) is 14.6 Å². The molecule has 1 aliphatic rings. The fourth-order valence-corrected chi connectivity index (χ4v) is 3.41. The third-order valence-electron chi connectivity index (χ3n) is 3.91. The molecule has 1 amide bonds. The highest BCUT2D eigenvalue weighted by molar-refractivity contribution is 7.99. The van der Waals surface area contributed by atoms with Gasteiger partial charge in [-0.25, -0.2) is 4.98 Å². The molecule has 9 heteroatoms. The summed E-state index contributed by atoms with van der Waals surface area (Å²) in [6.45, 7) is 4.76. The minimum absolute atomic E-state index is 0.0295. The number of aromatic amines is 1. The van der Waals surface area contributed by atoms with E-state index in [-0.39, 0.29) is 12.5 Å². The van der Waals surface area contributed by atoms with Crippen LogP contribution in [0.1, 0.15) is 30.3 Å². The van der Waals surface area contributed by atoms with Crippen molar-refractivity contribution in [3.8, 4) is 0 Å². The van der Waals surface area contributed by atoms with Gasteiger partial charge < -0.3 is 10.6 Å². The van der Waals surface area contributed by atoms with Crippen LogP contribution in [-0.2, 0) is 11.3 Å². The van der Waals surface area contributed by atoms with Crippen LogP contribution >= 0.6 is 11.8 Å². The van der Waals surface area contributed by atoms with E-state index in [2.05, 4.69) is 30.9 Å². The summed E-state index contributed by atoms with van der Waals surface area (Å²) in [4.78, 5) is 16.2. The molecule has 2 aromatic heterocycles. The highest BCUT2D eigenvalue weighted by Crippen LogP contribution is 2.21. The second kappa shape index (κ2) is 8.29. The number of nitrogens with one attached hydrogen (secondary N) is 3. The summed E-state index contributed by atoms with van der Waals surface area (Å²) in [5, 5.41) is 18.4. The Morgan fingerprint density at radius 3 is 3.21 bits per heavy atom. The first-order chi connectivity index (χ1) is 11.7. The molecule has 3 N–H and O–H groups in total. The molecule has 2 aromatic rings. The summed E-state index contributed by atoms with van der Waals surface area (Å²) in [5.41, 5.74) is 1.07. The minimum Gasteiger partial charge on any atom is -0.354 e. The lowest BCUT2D eigenvalue weighted by atomic mass is 9.97. The van der Waals surface area contributed by atoms with Gasteiger partial charge in [-0.15, -0.1) is 5.10 Å².